The Hall–Kier alpha value is -0.530. The van der Waals surface area contributed by atoms with E-state index in [1.165, 1.54) is 18.4 Å². The first-order valence-electron chi connectivity index (χ1n) is 6.15. The van der Waals surface area contributed by atoms with Crippen LogP contribution in [0.25, 0.3) is 0 Å². The number of hydrogen-bond acceptors (Lipinski definition) is 1. The minimum absolute atomic E-state index is 0.417. The second-order valence-electron chi connectivity index (χ2n) is 5.06. The largest absolute Gasteiger partial charge is 0.309 e. The Morgan fingerprint density at radius 2 is 2.06 bits per heavy atom. The van der Waals surface area contributed by atoms with Crippen LogP contribution in [-0.4, -0.2) is 6.54 Å². The molecule has 1 atom stereocenters. The van der Waals surface area contributed by atoms with Crippen LogP contribution in [-0.2, 0) is 0 Å². The van der Waals surface area contributed by atoms with Crippen LogP contribution in [0.1, 0.15) is 44.7 Å². The van der Waals surface area contributed by atoms with E-state index < -0.39 is 0 Å². The summed E-state index contributed by atoms with van der Waals surface area (Å²) in [6.07, 6.45) is 3.77. The fourth-order valence-electron chi connectivity index (χ4n) is 2.22. The van der Waals surface area contributed by atoms with E-state index in [1.54, 1.807) is 0 Å². The average molecular weight is 238 g/mol. The Morgan fingerprint density at radius 3 is 2.62 bits per heavy atom. The summed E-state index contributed by atoms with van der Waals surface area (Å²) in [5.74, 6) is 0. The molecule has 0 radical (unpaired) electrons. The molecule has 1 fully saturated rings. The van der Waals surface area contributed by atoms with Gasteiger partial charge in [0, 0.05) is 11.1 Å². The van der Waals surface area contributed by atoms with Gasteiger partial charge in [-0.25, -0.2) is 0 Å². The van der Waals surface area contributed by atoms with E-state index >= 15 is 0 Å². The van der Waals surface area contributed by atoms with Gasteiger partial charge >= 0.3 is 0 Å². The molecule has 1 unspecified atom stereocenters. The lowest BCUT2D eigenvalue weighted by molar-refractivity contribution is 0.367. The first-order valence-corrected chi connectivity index (χ1v) is 6.53. The summed E-state index contributed by atoms with van der Waals surface area (Å²) in [6.45, 7) is 5.61. The Morgan fingerprint density at radius 1 is 1.38 bits per heavy atom. The van der Waals surface area contributed by atoms with Crippen LogP contribution in [0, 0.1) is 5.41 Å². The van der Waals surface area contributed by atoms with Crippen molar-refractivity contribution in [3.05, 3.63) is 34.9 Å². The van der Waals surface area contributed by atoms with Gasteiger partial charge < -0.3 is 5.32 Å². The fraction of sp³-hybridized carbons (Fsp3) is 0.571. The van der Waals surface area contributed by atoms with E-state index in [0.29, 0.717) is 11.5 Å². The summed E-state index contributed by atoms with van der Waals surface area (Å²) in [5.41, 5.74) is 1.68. The van der Waals surface area contributed by atoms with Gasteiger partial charge in [0.15, 0.2) is 0 Å². The quantitative estimate of drug-likeness (QED) is 0.810. The van der Waals surface area contributed by atoms with E-state index in [9.17, 15) is 0 Å². The smallest absolute Gasteiger partial charge is 0.0454 e. The van der Waals surface area contributed by atoms with E-state index in [0.717, 1.165) is 18.0 Å². The van der Waals surface area contributed by atoms with Crippen molar-refractivity contribution >= 4 is 11.6 Å². The van der Waals surface area contributed by atoms with Crippen LogP contribution < -0.4 is 5.32 Å². The number of hydrogen-bond donors (Lipinski definition) is 1. The molecule has 2 rings (SSSR count). The van der Waals surface area contributed by atoms with Gasteiger partial charge in [-0.1, -0.05) is 43.6 Å². The molecule has 1 aliphatic rings. The Labute approximate surface area is 103 Å². The highest BCUT2D eigenvalue weighted by Gasteiger charge is 2.45. The molecule has 1 aromatic rings. The van der Waals surface area contributed by atoms with Gasteiger partial charge in [0.2, 0.25) is 0 Å². The number of halogens is 1. The molecule has 2 heteroatoms. The summed E-state index contributed by atoms with van der Waals surface area (Å²) in [4.78, 5) is 0. The standard InChI is InChI=1S/C14H20ClN/c1-3-10-16-13(14(2)8-9-14)11-6-4-5-7-12(11)15/h4-7,13,16H,3,8-10H2,1-2H3. The molecule has 0 bridgehead atoms. The lowest BCUT2D eigenvalue weighted by Gasteiger charge is -2.26. The van der Waals surface area contributed by atoms with Gasteiger partial charge in [0.05, 0.1) is 0 Å². The third-order valence-corrected chi connectivity index (χ3v) is 3.89. The zero-order chi connectivity index (χ0) is 11.6. The van der Waals surface area contributed by atoms with Crippen molar-refractivity contribution in [3.8, 4) is 0 Å². The van der Waals surface area contributed by atoms with E-state index in [1.807, 2.05) is 12.1 Å². The maximum Gasteiger partial charge on any atom is 0.0454 e. The van der Waals surface area contributed by atoms with Gasteiger partial charge in [-0.2, -0.15) is 0 Å². The van der Waals surface area contributed by atoms with E-state index in [4.69, 9.17) is 11.6 Å². The molecule has 0 amide bonds. The molecule has 1 N–H and O–H groups in total. The molecule has 0 saturated heterocycles. The van der Waals surface area contributed by atoms with Crippen molar-refractivity contribution < 1.29 is 0 Å². The molecular weight excluding hydrogens is 218 g/mol. The maximum atomic E-state index is 6.29. The Bertz CT molecular complexity index is 358. The zero-order valence-corrected chi connectivity index (χ0v) is 10.8. The first kappa shape index (κ1) is 11.9. The summed E-state index contributed by atoms with van der Waals surface area (Å²) in [6, 6.07) is 8.63. The normalized spacial score (nSPS) is 19.4. The molecule has 1 nitrogen and oxygen atoms in total. The van der Waals surface area contributed by atoms with Gasteiger partial charge in [-0.3, -0.25) is 0 Å². The molecule has 0 aliphatic heterocycles. The molecule has 0 heterocycles. The van der Waals surface area contributed by atoms with E-state index in [2.05, 4.69) is 31.3 Å². The molecule has 1 aromatic carbocycles. The summed E-state index contributed by atoms with van der Waals surface area (Å²) in [5, 5.41) is 4.54. The molecule has 0 aromatic heterocycles. The third kappa shape index (κ3) is 2.41. The van der Waals surface area contributed by atoms with Crippen LogP contribution in [0.5, 0.6) is 0 Å². The molecule has 16 heavy (non-hydrogen) atoms. The first-order chi connectivity index (χ1) is 7.67. The van der Waals surface area contributed by atoms with Crippen molar-refractivity contribution in [1.29, 1.82) is 0 Å². The van der Waals surface area contributed by atoms with E-state index in [-0.39, 0.29) is 0 Å². The highest BCUT2D eigenvalue weighted by atomic mass is 35.5. The molecular formula is C14H20ClN. The summed E-state index contributed by atoms with van der Waals surface area (Å²) in [7, 11) is 0. The van der Waals surface area contributed by atoms with Crippen LogP contribution in [0.15, 0.2) is 24.3 Å². The summed E-state index contributed by atoms with van der Waals surface area (Å²) < 4.78 is 0. The highest BCUT2D eigenvalue weighted by molar-refractivity contribution is 6.31. The molecule has 88 valence electrons. The second-order valence-corrected chi connectivity index (χ2v) is 5.47. The minimum Gasteiger partial charge on any atom is -0.309 e. The predicted octanol–water partition coefficient (Wildman–Crippen LogP) is 4.18. The zero-order valence-electron chi connectivity index (χ0n) is 10.1. The van der Waals surface area contributed by atoms with Crippen LogP contribution in [0.4, 0.5) is 0 Å². The third-order valence-electron chi connectivity index (χ3n) is 3.55. The van der Waals surface area contributed by atoms with Gasteiger partial charge in [-0.15, -0.1) is 0 Å². The van der Waals surface area contributed by atoms with Crippen molar-refractivity contribution in [1.82, 2.24) is 5.32 Å². The summed E-state index contributed by atoms with van der Waals surface area (Å²) >= 11 is 6.29. The van der Waals surface area contributed by atoms with Crippen molar-refractivity contribution in [2.24, 2.45) is 5.41 Å². The predicted molar refractivity (Wildman–Crippen MR) is 69.8 cm³/mol. The van der Waals surface area contributed by atoms with Gasteiger partial charge in [-0.05, 0) is 42.9 Å². The maximum absolute atomic E-state index is 6.29. The SMILES string of the molecule is CCCNC(c1ccccc1Cl)C1(C)CC1. The topological polar surface area (TPSA) is 12.0 Å². The Kier molecular flexibility index (Phi) is 3.56. The molecule has 1 aliphatic carbocycles. The Balaban J connectivity index is 2.21. The number of benzene rings is 1. The monoisotopic (exact) mass is 237 g/mol. The number of nitrogens with one attached hydrogen (secondary N) is 1. The van der Waals surface area contributed by atoms with Gasteiger partial charge in [0.25, 0.3) is 0 Å². The van der Waals surface area contributed by atoms with Crippen LogP contribution in [0.2, 0.25) is 5.02 Å². The van der Waals surface area contributed by atoms with Crippen LogP contribution in [0.3, 0.4) is 0 Å². The van der Waals surface area contributed by atoms with Crippen molar-refractivity contribution in [2.45, 2.75) is 39.2 Å². The lowest BCUT2D eigenvalue weighted by Crippen LogP contribution is -2.28. The van der Waals surface area contributed by atoms with Crippen LogP contribution >= 0.6 is 11.6 Å². The average Bonchev–Trinajstić information content (AvgIpc) is 3.00. The van der Waals surface area contributed by atoms with Gasteiger partial charge in [0.1, 0.15) is 0 Å². The lowest BCUT2D eigenvalue weighted by atomic mass is 9.91. The fourth-order valence-corrected chi connectivity index (χ4v) is 2.46. The minimum atomic E-state index is 0.417. The van der Waals surface area contributed by atoms with Crippen molar-refractivity contribution in [3.63, 3.8) is 0 Å². The second kappa shape index (κ2) is 4.77. The highest BCUT2D eigenvalue weighted by Crippen LogP contribution is 2.55. The molecule has 0 spiro atoms. The van der Waals surface area contributed by atoms with Crippen molar-refractivity contribution in [2.75, 3.05) is 6.54 Å². The molecule has 1 saturated carbocycles. The number of rotatable bonds is 5.